The predicted octanol–water partition coefficient (Wildman–Crippen LogP) is 9.96. The molecule has 0 saturated carbocycles. The lowest BCUT2D eigenvalue weighted by Crippen LogP contribution is -2.18. The molecule has 0 rings (SSSR count). The third-order valence-corrected chi connectivity index (χ3v) is 6.86. The van der Waals surface area contributed by atoms with Crippen molar-refractivity contribution in [2.24, 2.45) is 17.8 Å². The molecule has 0 heteroatoms. The average Bonchev–Trinajstić information content (AvgIpc) is 2.65. The first kappa shape index (κ1) is 26.0. The lowest BCUT2D eigenvalue weighted by molar-refractivity contribution is 0.223. The molecule has 0 bridgehead atoms. The lowest BCUT2D eigenvalue weighted by Gasteiger charge is -2.28. The van der Waals surface area contributed by atoms with Crippen molar-refractivity contribution in [1.82, 2.24) is 0 Å². The molecule has 0 aromatic rings. The second kappa shape index (κ2) is 19.8. The standard InChI is InChI=1S/C26H54/c1-6-9-11-12-13-14-15-16-17-18-19-21-23-26(8-3)25(5)24(4)22-20-10-7-2/h24-26H,6-23H2,1-5H3. The lowest BCUT2D eigenvalue weighted by atomic mass is 9.77. The number of unbranched alkanes of at least 4 members (excludes halogenated alkanes) is 13. The molecule has 0 fully saturated rings. The second-order valence-electron chi connectivity index (χ2n) is 9.18. The zero-order valence-corrected chi connectivity index (χ0v) is 19.5. The third kappa shape index (κ3) is 15.1. The van der Waals surface area contributed by atoms with Gasteiger partial charge in [0.2, 0.25) is 0 Å². The van der Waals surface area contributed by atoms with E-state index >= 15 is 0 Å². The minimum Gasteiger partial charge on any atom is -0.0654 e. The molecule has 0 spiro atoms. The molecule has 0 aliphatic rings. The van der Waals surface area contributed by atoms with E-state index in [2.05, 4.69) is 34.6 Å². The second-order valence-corrected chi connectivity index (χ2v) is 9.18. The normalized spacial score (nSPS) is 15.1. The van der Waals surface area contributed by atoms with Crippen molar-refractivity contribution in [3.05, 3.63) is 0 Å². The number of hydrogen-bond donors (Lipinski definition) is 0. The molecular weight excluding hydrogens is 312 g/mol. The van der Waals surface area contributed by atoms with E-state index in [1.165, 1.54) is 116 Å². The van der Waals surface area contributed by atoms with Crippen molar-refractivity contribution < 1.29 is 0 Å². The Bertz CT molecular complexity index is 257. The van der Waals surface area contributed by atoms with Crippen molar-refractivity contribution in [1.29, 1.82) is 0 Å². The van der Waals surface area contributed by atoms with Crippen LogP contribution in [-0.4, -0.2) is 0 Å². The maximum atomic E-state index is 2.53. The van der Waals surface area contributed by atoms with Crippen LogP contribution in [0.3, 0.4) is 0 Å². The Morgan fingerprint density at radius 1 is 0.462 bits per heavy atom. The van der Waals surface area contributed by atoms with Crippen LogP contribution in [-0.2, 0) is 0 Å². The molecular formula is C26H54. The van der Waals surface area contributed by atoms with Gasteiger partial charge >= 0.3 is 0 Å². The summed E-state index contributed by atoms with van der Waals surface area (Å²) in [7, 11) is 0. The summed E-state index contributed by atoms with van der Waals surface area (Å²) in [5, 5.41) is 0. The summed E-state index contributed by atoms with van der Waals surface area (Å²) in [5.74, 6) is 2.81. The fraction of sp³-hybridized carbons (Fsp3) is 1.00. The van der Waals surface area contributed by atoms with Crippen molar-refractivity contribution >= 4 is 0 Å². The van der Waals surface area contributed by atoms with Gasteiger partial charge in [0.05, 0.1) is 0 Å². The van der Waals surface area contributed by atoms with Gasteiger partial charge in [-0.1, -0.05) is 150 Å². The SMILES string of the molecule is CCCCCCCCCCCCCCC(CC)C(C)C(C)CCCCC. The van der Waals surface area contributed by atoms with E-state index in [4.69, 9.17) is 0 Å². The quantitative estimate of drug-likeness (QED) is 0.188. The predicted molar refractivity (Wildman–Crippen MR) is 122 cm³/mol. The van der Waals surface area contributed by atoms with Crippen LogP contribution < -0.4 is 0 Å². The average molecular weight is 367 g/mol. The van der Waals surface area contributed by atoms with Gasteiger partial charge in [-0.05, 0) is 17.8 Å². The fourth-order valence-electron chi connectivity index (χ4n) is 4.53. The van der Waals surface area contributed by atoms with Crippen molar-refractivity contribution in [2.75, 3.05) is 0 Å². The van der Waals surface area contributed by atoms with Crippen LogP contribution in [0.4, 0.5) is 0 Å². The molecule has 158 valence electrons. The van der Waals surface area contributed by atoms with Gasteiger partial charge < -0.3 is 0 Å². The van der Waals surface area contributed by atoms with Gasteiger partial charge in [-0.25, -0.2) is 0 Å². The van der Waals surface area contributed by atoms with E-state index in [0.717, 1.165) is 17.8 Å². The van der Waals surface area contributed by atoms with Crippen LogP contribution in [0.15, 0.2) is 0 Å². The molecule has 0 aromatic carbocycles. The highest BCUT2D eigenvalue weighted by molar-refractivity contribution is 4.71. The van der Waals surface area contributed by atoms with Crippen LogP contribution in [0, 0.1) is 17.8 Å². The van der Waals surface area contributed by atoms with E-state index in [0.29, 0.717) is 0 Å². The van der Waals surface area contributed by atoms with Crippen LogP contribution in [0.1, 0.15) is 150 Å². The molecule has 0 radical (unpaired) electrons. The van der Waals surface area contributed by atoms with Crippen LogP contribution in [0.2, 0.25) is 0 Å². The summed E-state index contributed by atoms with van der Waals surface area (Å²) >= 11 is 0. The molecule has 26 heavy (non-hydrogen) atoms. The zero-order valence-electron chi connectivity index (χ0n) is 19.5. The van der Waals surface area contributed by atoms with Gasteiger partial charge in [-0.2, -0.15) is 0 Å². The maximum absolute atomic E-state index is 2.53. The van der Waals surface area contributed by atoms with E-state index < -0.39 is 0 Å². The Morgan fingerprint density at radius 2 is 0.846 bits per heavy atom. The molecule has 0 nitrogen and oxygen atoms in total. The third-order valence-electron chi connectivity index (χ3n) is 6.86. The molecule has 3 unspecified atom stereocenters. The van der Waals surface area contributed by atoms with Crippen LogP contribution in [0.25, 0.3) is 0 Å². The monoisotopic (exact) mass is 366 g/mol. The highest BCUT2D eigenvalue weighted by Gasteiger charge is 2.20. The largest absolute Gasteiger partial charge is 0.0654 e. The van der Waals surface area contributed by atoms with E-state index in [1.807, 2.05) is 0 Å². The first-order valence-electron chi connectivity index (χ1n) is 12.7. The van der Waals surface area contributed by atoms with Gasteiger partial charge in [-0.15, -0.1) is 0 Å². The maximum Gasteiger partial charge on any atom is -0.0389 e. The Labute approximate surface area is 168 Å². The Morgan fingerprint density at radius 3 is 1.31 bits per heavy atom. The summed E-state index contributed by atoms with van der Waals surface area (Å²) < 4.78 is 0. The minimum absolute atomic E-state index is 0.920. The van der Waals surface area contributed by atoms with Crippen LogP contribution >= 0.6 is 0 Å². The van der Waals surface area contributed by atoms with E-state index in [-0.39, 0.29) is 0 Å². The van der Waals surface area contributed by atoms with Gasteiger partial charge in [0.25, 0.3) is 0 Å². The Balaban J connectivity index is 3.56. The topological polar surface area (TPSA) is 0 Å². The highest BCUT2D eigenvalue weighted by Crippen LogP contribution is 2.31. The van der Waals surface area contributed by atoms with Crippen LogP contribution in [0.5, 0.6) is 0 Å². The molecule has 0 aliphatic heterocycles. The van der Waals surface area contributed by atoms with Crippen molar-refractivity contribution in [3.63, 3.8) is 0 Å². The minimum atomic E-state index is 0.920. The molecule has 0 saturated heterocycles. The van der Waals surface area contributed by atoms with Gasteiger partial charge in [0.15, 0.2) is 0 Å². The molecule has 0 aromatic heterocycles. The molecule has 0 amide bonds. The first-order valence-corrected chi connectivity index (χ1v) is 12.7. The van der Waals surface area contributed by atoms with Gasteiger partial charge in [-0.3, -0.25) is 0 Å². The smallest absolute Gasteiger partial charge is 0.0389 e. The molecule has 0 N–H and O–H groups in total. The Hall–Kier alpha value is 0. The molecule has 0 heterocycles. The number of hydrogen-bond acceptors (Lipinski definition) is 0. The summed E-state index contributed by atoms with van der Waals surface area (Å²) in [6.07, 6.45) is 26.1. The van der Waals surface area contributed by atoms with Crippen molar-refractivity contribution in [3.8, 4) is 0 Å². The number of rotatable bonds is 20. The van der Waals surface area contributed by atoms with Crippen molar-refractivity contribution in [2.45, 2.75) is 150 Å². The van der Waals surface area contributed by atoms with E-state index in [9.17, 15) is 0 Å². The summed E-state index contributed by atoms with van der Waals surface area (Å²) in [6, 6.07) is 0. The Kier molecular flexibility index (Phi) is 19.8. The zero-order chi connectivity index (χ0) is 19.5. The first-order chi connectivity index (χ1) is 12.7. The summed E-state index contributed by atoms with van der Waals surface area (Å²) in [6.45, 7) is 12.1. The van der Waals surface area contributed by atoms with Gasteiger partial charge in [0.1, 0.15) is 0 Å². The fourth-order valence-corrected chi connectivity index (χ4v) is 4.53. The summed E-state index contributed by atoms with van der Waals surface area (Å²) in [4.78, 5) is 0. The van der Waals surface area contributed by atoms with E-state index in [1.54, 1.807) is 0 Å². The summed E-state index contributed by atoms with van der Waals surface area (Å²) in [5.41, 5.74) is 0. The van der Waals surface area contributed by atoms with Gasteiger partial charge in [0, 0.05) is 0 Å². The molecule has 0 aliphatic carbocycles. The highest BCUT2D eigenvalue weighted by atomic mass is 14.3. The molecule has 3 atom stereocenters.